The fraction of sp³-hybridized carbons (Fsp3) is 0.100. The van der Waals surface area contributed by atoms with Gasteiger partial charge in [0.05, 0.1) is 5.75 Å². The Hall–Kier alpha value is -2.97. The third-order valence-electron chi connectivity index (χ3n) is 3.97. The molecule has 2 aromatic carbocycles. The van der Waals surface area contributed by atoms with Crippen LogP contribution in [0.1, 0.15) is 5.56 Å². The van der Waals surface area contributed by atoms with Crippen molar-refractivity contribution in [3.05, 3.63) is 71.7 Å². The van der Waals surface area contributed by atoms with Gasteiger partial charge in [0.2, 0.25) is 5.91 Å². The van der Waals surface area contributed by atoms with Gasteiger partial charge in [0.1, 0.15) is 0 Å². The number of nitrogens with one attached hydrogen (secondary N) is 1. The quantitative estimate of drug-likeness (QED) is 0.479. The summed E-state index contributed by atoms with van der Waals surface area (Å²) in [6, 6.07) is 18.1. The Morgan fingerprint density at radius 3 is 2.61 bits per heavy atom. The van der Waals surface area contributed by atoms with Crippen molar-refractivity contribution in [1.82, 2.24) is 19.7 Å². The van der Waals surface area contributed by atoms with E-state index in [1.807, 2.05) is 71.5 Å². The number of carbonyl (C=O) groups is 1. The molecule has 0 bridgehead atoms. The Morgan fingerprint density at radius 2 is 1.89 bits per heavy atom. The van der Waals surface area contributed by atoms with Gasteiger partial charge in [0.25, 0.3) is 0 Å². The van der Waals surface area contributed by atoms with Crippen molar-refractivity contribution in [3.63, 3.8) is 0 Å². The lowest BCUT2D eigenvalue weighted by Crippen LogP contribution is -2.14. The molecule has 0 atom stereocenters. The maximum atomic E-state index is 12.2. The molecule has 1 N–H and O–H groups in total. The number of thiazole rings is 1. The maximum absolute atomic E-state index is 12.2. The summed E-state index contributed by atoms with van der Waals surface area (Å²) in [6.07, 6.45) is 1.66. The topological polar surface area (TPSA) is 72.7 Å². The predicted molar refractivity (Wildman–Crippen MR) is 113 cm³/mol. The van der Waals surface area contributed by atoms with Gasteiger partial charge < -0.3 is 5.32 Å². The largest absolute Gasteiger partial charge is 0.301 e. The van der Waals surface area contributed by atoms with Gasteiger partial charge in [-0.15, -0.1) is 21.5 Å². The molecule has 0 unspecified atom stereocenters. The Balaban J connectivity index is 1.62. The molecule has 1 amide bonds. The van der Waals surface area contributed by atoms with Gasteiger partial charge in [-0.3, -0.25) is 9.36 Å². The molecule has 6 nitrogen and oxygen atoms in total. The number of hydrogen-bond donors (Lipinski definition) is 1. The molecule has 0 fully saturated rings. The zero-order valence-electron chi connectivity index (χ0n) is 15.1. The normalized spacial score (nSPS) is 10.8. The third-order valence-corrected chi connectivity index (χ3v) is 5.59. The van der Waals surface area contributed by atoms with Gasteiger partial charge in [0, 0.05) is 22.8 Å². The molecular weight excluding hydrogens is 390 g/mol. The molecule has 0 aliphatic heterocycles. The first-order valence-corrected chi connectivity index (χ1v) is 10.5. The van der Waals surface area contributed by atoms with E-state index < -0.39 is 0 Å². The molecule has 4 aromatic rings. The van der Waals surface area contributed by atoms with Gasteiger partial charge in [0.15, 0.2) is 16.1 Å². The highest BCUT2D eigenvalue weighted by atomic mass is 32.2. The molecular formula is C20H17N5OS2. The lowest BCUT2D eigenvalue weighted by atomic mass is 10.1. The molecule has 4 rings (SSSR count). The summed E-state index contributed by atoms with van der Waals surface area (Å²) >= 11 is 2.73. The second-order valence-electron chi connectivity index (χ2n) is 6.02. The van der Waals surface area contributed by atoms with Gasteiger partial charge in [-0.2, -0.15) is 0 Å². The fourth-order valence-electron chi connectivity index (χ4n) is 2.63. The number of benzene rings is 2. The summed E-state index contributed by atoms with van der Waals surface area (Å²) in [5, 5.41) is 14.6. The van der Waals surface area contributed by atoms with E-state index >= 15 is 0 Å². The Morgan fingerprint density at radius 1 is 1.11 bits per heavy atom. The van der Waals surface area contributed by atoms with E-state index in [1.54, 1.807) is 6.20 Å². The zero-order valence-corrected chi connectivity index (χ0v) is 16.7. The molecule has 8 heteroatoms. The second kappa shape index (κ2) is 8.37. The van der Waals surface area contributed by atoms with Crippen LogP contribution in [0.15, 0.2) is 71.3 Å². The Labute approximate surface area is 170 Å². The van der Waals surface area contributed by atoms with Crippen molar-refractivity contribution in [1.29, 1.82) is 0 Å². The first-order valence-electron chi connectivity index (χ1n) is 8.61. The van der Waals surface area contributed by atoms with Crippen LogP contribution in [0.4, 0.5) is 5.13 Å². The number of aryl methyl sites for hydroxylation is 1. The predicted octanol–water partition coefficient (Wildman–Crippen LogP) is 4.43. The fourth-order valence-corrected chi connectivity index (χ4v) is 3.93. The average molecular weight is 408 g/mol. The average Bonchev–Trinajstić information content (AvgIpc) is 3.37. The van der Waals surface area contributed by atoms with Crippen LogP contribution in [0.2, 0.25) is 0 Å². The van der Waals surface area contributed by atoms with E-state index in [0.717, 1.165) is 17.1 Å². The van der Waals surface area contributed by atoms with Crippen LogP contribution < -0.4 is 5.32 Å². The van der Waals surface area contributed by atoms with Crippen LogP contribution in [0.5, 0.6) is 0 Å². The van der Waals surface area contributed by atoms with E-state index in [-0.39, 0.29) is 11.7 Å². The number of aromatic nitrogens is 4. The monoisotopic (exact) mass is 407 g/mol. The third kappa shape index (κ3) is 4.13. The van der Waals surface area contributed by atoms with Crippen molar-refractivity contribution in [3.8, 4) is 17.1 Å². The summed E-state index contributed by atoms with van der Waals surface area (Å²) in [6.45, 7) is 2.05. The molecule has 140 valence electrons. The van der Waals surface area contributed by atoms with Gasteiger partial charge in [-0.1, -0.05) is 59.8 Å². The smallest absolute Gasteiger partial charge is 0.236 e. The highest BCUT2D eigenvalue weighted by Gasteiger charge is 2.17. The summed E-state index contributed by atoms with van der Waals surface area (Å²) in [7, 11) is 0. The summed E-state index contributed by atoms with van der Waals surface area (Å²) in [4.78, 5) is 16.3. The first-order chi connectivity index (χ1) is 13.7. The maximum Gasteiger partial charge on any atom is 0.236 e. The van der Waals surface area contributed by atoms with E-state index in [9.17, 15) is 4.79 Å². The number of carbonyl (C=O) groups excluding carboxylic acids is 1. The van der Waals surface area contributed by atoms with Crippen molar-refractivity contribution < 1.29 is 4.79 Å². The number of para-hydroxylation sites is 1. The minimum Gasteiger partial charge on any atom is -0.301 e. The van der Waals surface area contributed by atoms with Gasteiger partial charge in [-0.05, 0) is 19.1 Å². The van der Waals surface area contributed by atoms with Gasteiger partial charge >= 0.3 is 0 Å². The molecule has 28 heavy (non-hydrogen) atoms. The molecule has 2 heterocycles. The highest BCUT2D eigenvalue weighted by molar-refractivity contribution is 7.99. The van der Waals surface area contributed by atoms with E-state index in [1.165, 1.54) is 28.7 Å². The minimum absolute atomic E-state index is 0.126. The molecule has 0 saturated carbocycles. The number of rotatable bonds is 6. The SMILES string of the molecule is Cc1ccc(-c2nnc(SCC(=O)Nc3nccs3)n2-c2ccccc2)cc1. The molecule has 2 aromatic heterocycles. The number of hydrogen-bond acceptors (Lipinski definition) is 6. The van der Waals surface area contributed by atoms with Crippen LogP contribution in [0, 0.1) is 6.92 Å². The van der Waals surface area contributed by atoms with E-state index in [0.29, 0.717) is 10.3 Å². The number of thioether (sulfide) groups is 1. The second-order valence-corrected chi connectivity index (χ2v) is 7.85. The Bertz CT molecular complexity index is 1060. The summed E-state index contributed by atoms with van der Waals surface area (Å²) in [5.74, 6) is 0.840. The molecule has 0 radical (unpaired) electrons. The Kier molecular flexibility index (Phi) is 5.50. The first kappa shape index (κ1) is 18.4. The zero-order chi connectivity index (χ0) is 19.3. The van der Waals surface area contributed by atoms with Crippen molar-refractivity contribution >= 4 is 34.1 Å². The van der Waals surface area contributed by atoms with Crippen LogP contribution >= 0.6 is 23.1 Å². The molecule has 0 aliphatic rings. The summed E-state index contributed by atoms with van der Waals surface area (Å²) < 4.78 is 1.98. The highest BCUT2D eigenvalue weighted by Crippen LogP contribution is 2.28. The van der Waals surface area contributed by atoms with Crippen LogP contribution in [0.25, 0.3) is 17.1 Å². The van der Waals surface area contributed by atoms with E-state index in [4.69, 9.17) is 0 Å². The number of amides is 1. The standard InChI is InChI=1S/C20H17N5OS2/c1-14-7-9-15(10-8-14)18-23-24-20(25(18)16-5-3-2-4-6-16)28-13-17(26)22-19-21-11-12-27-19/h2-12H,13H2,1H3,(H,21,22,26). The molecule has 0 aliphatic carbocycles. The van der Waals surface area contributed by atoms with Crippen LogP contribution in [-0.4, -0.2) is 31.4 Å². The van der Waals surface area contributed by atoms with Crippen LogP contribution in [-0.2, 0) is 4.79 Å². The lowest BCUT2D eigenvalue weighted by molar-refractivity contribution is -0.113. The van der Waals surface area contributed by atoms with Crippen molar-refractivity contribution in [2.24, 2.45) is 0 Å². The number of nitrogens with zero attached hydrogens (tertiary/aromatic N) is 4. The van der Waals surface area contributed by atoms with Crippen molar-refractivity contribution in [2.45, 2.75) is 12.1 Å². The van der Waals surface area contributed by atoms with Crippen LogP contribution in [0.3, 0.4) is 0 Å². The minimum atomic E-state index is -0.126. The summed E-state index contributed by atoms with van der Waals surface area (Å²) in [5.41, 5.74) is 3.11. The number of anilines is 1. The van der Waals surface area contributed by atoms with Crippen molar-refractivity contribution in [2.75, 3.05) is 11.1 Å². The molecule has 0 spiro atoms. The van der Waals surface area contributed by atoms with Gasteiger partial charge in [-0.25, -0.2) is 4.98 Å². The van der Waals surface area contributed by atoms with E-state index in [2.05, 4.69) is 20.5 Å². The lowest BCUT2D eigenvalue weighted by Gasteiger charge is -2.10. The molecule has 0 saturated heterocycles.